The van der Waals surface area contributed by atoms with Crippen molar-refractivity contribution in [3.8, 4) is 0 Å². The van der Waals surface area contributed by atoms with Gasteiger partial charge in [0.05, 0.1) is 42.8 Å². The summed E-state index contributed by atoms with van der Waals surface area (Å²) in [6.45, 7) is 4.32. The predicted octanol–water partition coefficient (Wildman–Crippen LogP) is 2.29. The fraction of sp³-hybridized carbons (Fsp3) is 0.536. The van der Waals surface area contributed by atoms with E-state index in [9.17, 15) is 23.4 Å². The van der Waals surface area contributed by atoms with Crippen molar-refractivity contribution in [2.24, 2.45) is 11.8 Å². The van der Waals surface area contributed by atoms with Crippen LogP contribution in [0, 0.1) is 11.8 Å². The highest BCUT2D eigenvalue weighted by Gasteiger charge is 2.44. The number of nitrogens with one attached hydrogen (secondary N) is 1. The molecule has 0 aromatic heterocycles. The monoisotopic (exact) mass is 562 g/mol. The van der Waals surface area contributed by atoms with Crippen LogP contribution in [0.2, 0.25) is 0 Å². The summed E-state index contributed by atoms with van der Waals surface area (Å²) in [6, 6.07) is 14.5. The molecule has 2 fully saturated rings. The minimum absolute atomic E-state index is 0.0156. The zero-order valence-corrected chi connectivity index (χ0v) is 23.1. The van der Waals surface area contributed by atoms with Crippen LogP contribution in [0.25, 0.3) is 0 Å². The fourth-order valence-electron chi connectivity index (χ4n) is 4.95. The van der Waals surface area contributed by atoms with E-state index in [0.29, 0.717) is 12.2 Å². The van der Waals surface area contributed by atoms with Gasteiger partial charge in [-0.2, -0.15) is 4.31 Å². The molecule has 2 saturated heterocycles. The van der Waals surface area contributed by atoms with Gasteiger partial charge in [-0.3, -0.25) is 0 Å². The first-order valence-corrected chi connectivity index (χ1v) is 14.7. The summed E-state index contributed by atoms with van der Waals surface area (Å²) in [7, 11) is -3.96. The Kier molecular flexibility index (Phi) is 9.97. The van der Waals surface area contributed by atoms with Crippen molar-refractivity contribution in [3.63, 3.8) is 0 Å². The molecule has 10 nitrogen and oxygen atoms in total. The molecule has 0 spiro atoms. The van der Waals surface area contributed by atoms with Crippen LogP contribution in [0.15, 0.2) is 59.5 Å². The molecular formula is C28H38N2O8S. The van der Waals surface area contributed by atoms with E-state index in [-0.39, 0.29) is 55.7 Å². The van der Waals surface area contributed by atoms with Crippen LogP contribution < -0.4 is 5.32 Å². The van der Waals surface area contributed by atoms with E-state index in [1.54, 1.807) is 12.1 Å². The van der Waals surface area contributed by atoms with E-state index < -0.39 is 34.4 Å². The Bertz CT molecular complexity index is 1180. The molecule has 2 heterocycles. The lowest BCUT2D eigenvalue weighted by Gasteiger charge is -2.31. The second-order valence-corrected chi connectivity index (χ2v) is 12.4. The van der Waals surface area contributed by atoms with Crippen molar-refractivity contribution < 1.29 is 37.6 Å². The molecule has 0 bridgehead atoms. The third-order valence-electron chi connectivity index (χ3n) is 7.01. The molecule has 11 heteroatoms. The third kappa shape index (κ3) is 7.56. The van der Waals surface area contributed by atoms with Gasteiger partial charge in [0, 0.05) is 13.1 Å². The second kappa shape index (κ2) is 13.2. The van der Waals surface area contributed by atoms with Crippen molar-refractivity contribution in [1.29, 1.82) is 0 Å². The highest BCUT2D eigenvalue weighted by Crippen LogP contribution is 2.33. The van der Waals surface area contributed by atoms with E-state index in [1.807, 2.05) is 44.2 Å². The van der Waals surface area contributed by atoms with E-state index >= 15 is 0 Å². The third-order valence-corrected chi connectivity index (χ3v) is 8.86. The van der Waals surface area contributed by atoms with Gasteiger partial charge in [0.2, 0.25) is 10.0 Å². The SMILES string of the molecule is CC(C)CN(C[C@@H](O)C(Cc1ccccc1)NC(=O)O[C@H]1CO[C@H]2OCC[C@H]21)S(=O)(=O)c1ccc(CO)cc1. The largest absolute Gasteiger partial charge is 0.443 e. The first-order chi connectivity index (χ1) is 18.7. The first kappa shape index (κ1) is 29.4. The molecule has 1 amide bonds. The summed E-state index contributed by atoms with van der Waals surface area (Å²) in [5, 5.41) is 23.4. The Morgan fingerprint density at radius 1 is 1.08 bits per heavy atom. The zero-order chi connectivity index (χ0) is 28.0. The molecule has 2 aliphatic rings. The molecule has 2 aromatic rings. The van der Waals surface area contributed by atoms with Crippen LogP contribution in [0.4, 0.5) is 4.79 Å². The number of rotatable bonds is 12. The maximum absolute atomic E-state index is 13.6. The molecule has 214 valence electrons. The molecule has 0 aliphatic carbocycles. The molecule has 5 atom stereocenters. The van der Waals surface area contributed by atoms with Gasteiger partial charge < -0.3 is 29.7 Å². The maximum Gasteiger partial charge on any atom is 0.407 e. The topological polar surface area (TPSA) is 135 Å². The van der Waals surface area contributed by atoms with Gasteiger partial charge in [-0.1, -0.05) is 56.3 Å². The number of alkyl carbamates (subject to hydrolysis) is 1. The van der Waals surface area contributed by atoms with Crippen LogP contribution >= 0.6 is 0 Å². The number of hydrogen-bond acceptors (Lipinski definition) is 8. The number of sulfonamides is 1. The van der Waals surface area contributed by atoms with E-state index in [4.69, 9.17) is 14.2 Å². The Morgan fingerprint density at radius 3 is 2.46 bits per heavy atom. The molecule has 3 N–H and O–H groups in total. The highest BCUT2D eigenvalue weighted by molar-refractivity contribution is 7.89. The number of aliphatic hydroxyl groups is 2. The van der Waals surface area contributed by atoms with E-state index in [1.165, 1.54) is 16.4 Å². The van der Waals surface area contributed by atoms with Gasteiger partial charge in [0.15, 0.2) is 6.29 Å². The van der Waals surface area contributed by atoms with E-state index in [0.717, 1.165) is 12.0 Å². The van der Waals surface area contributed by atoms with Crippen LogP contribution in [-0.4, -0.2) is 79.9 Å². The Morgan fingerprint density at radius 2 is 1.79 bits per heavy atom. The van der Waals surface area contributed by atoms with Gasteiger partial charge >= 0.3 is 6.09 Å². The van der Waals surface area contributed by atoms with Crippen molar-refractivity contribution in [2.45, 2.75) is 62.7 Å². The standard InChI is InChI=1S/C28H38N2O8S/c1-19(2)15-30(39(34,35)22-10-8-21(17-31)9-11-22)16-25(32)24(14-20-6-4-3-5-7-20)29-28(33)38-26-18-37-27-23(26)12-13-36-27/h3-11,19,23-27,31-32H,12-18H2,1-2H3,(H,29,33)/t23-,24?,25+,26-,27+/m0/s1. The molecule has 4 rings (SSSR count). The summed E-state index contributed by atoms with van der Waals surface area (Å²) in [5.74, 6) is -0.0460. The van der Waals surface area contributed by atoms with Gasteiger partial charge in [0.25, 0.3) is 0 Å². The zero-order valence-electron chi connectivity index (χ0n) is 22.3. The number of aliphatic hydroxyl groups excluding tert-OH is 2. The van der Waals surface area contributed by atoms with Crippen LogP contribution in [0.3, 0.4) is 0 Å². The van der Waals surface area contributed by atoms with Crippen molar-refractivity contribution >= 4 is 16.1 Å². The fourth-order valence-corrected chi connectivity index (χ4v) is 6.57. The minimum atomic E-state index is -3.96. The molecule has 2 aliphatic heterocycles. The predicted molar refractivity (Wildman–Crippen MR) is 143 cm³/mol. The van der Waals surface area contributed by atoms with Crippen molar-refractivity contribution in [3.05, 3.63) is 65.7 Å². The van der Waals surface area contributed by atoms with Crippen LogP contribution in [-0.2, 0) is 37.3 Å². The molecular weight excluding hydrogens is 524 g/mol. The molecule has 1 unspecified atom stereocenters. The molecule has 0 radical (unpaired) electrons. The summed E-state index contributed by atoms with van der Waals surface area (Å²) < 4.78 is 45.1. The number of amides is 1. The summed E-state index contributed by atoms with van der Waals surface area (Å²) >= 11 is 0. The van der Waals surface area contributed by atoms with Crippen LogP contribution in [0.1, 0.15) is 31.4 Å². The Labute approximate surface area is 229 Å². The first-order valence-electron chi connectivity index (χ1n) is 13.3. The quantitative estimate of drug-likeness (QED) is 0.359. The van der Waals surface area contributed by atoms with Crippen molar-refractivity contribution in [1.82, 2.24) is 9.62 Å². The second-order valence-electron chi connectivity index (χ2n) is 10.5. The van der Waals surface area contributed by atoms with Gasteiger partial charge in [0.1, 0.15) is 6.10 Å². The van der Waals surface area contributed by atoms with Gasteiger partial charge in [-0.05, 0) is 42.0 Å². The van der Waals surface area contributed by atoms with Crippen molar-refractivity contribution in [2.75, 3.05) is 26.3 Å². The lowest BCUT2D eigenvalue weighted by Crippen LogP contribution is -2.51. The highest BCUT2D eigenvalue weighted by atomic mass is 32.2. The molecule has 2 aromatic carbocycles. The molecule has 39 heavy (non-hydrogen) atoms. The Hall–Kier alpha value is -2.54. The summed E-state index contributed by atoms with van der Waals surface area (Å²) in [6.07, 6.45) is -1.74. The minimum Gasteiger partial charge on any atom is -0.443 e. The summed E-state index contributed by atoms with van der Waals surface area (Å²) in [4.78, 5) is 13.0. The van der Waals surface area contributed by atoms with Crippen LogP contribution in [0.5, 0.6) is 0 Å². The number of carbonyl (C=O) groups excluding carboxylic acids is 1. The number of ether oxygens (including phenoxy) is 3. The summed E-state index contributed by atoms with van der Waals surface area (Å²) in [5.41, 5.74) is 1.46. The number of nitrogens with zero attached hydrogens (tertiary/aromatic N) is 1. The van der Waals surface area contributed by atoms with E-state index in [2.05, 4.69) is 5.32 Å². The van der Waals surface area contributed by atoms with Gasteiger partial charge in [-0.25, -0.2) is 13.2 Å². The Balaban J connectivity index is 1.51. The average molecular weight is 563 g/mol. The average Bonchev–Trinajstić information content (AvgIpc) is 3.53. The smallest absolute Gasteiger partial charge is 0.407 e. The lowest BCUT2D eigenvalue weighted by atomic mass is 10.0. The normalized spacial score (nSPS) is 22.6. The number of benzene rings is 2. The maximum atomic E-state index is 13.6. The number of fused-ring (bicyclic) bond motifs is 1. The molecule has 0 saturated carbocycles. The lowest BCUT2D eigenvalue weighted by molar-refractivity contribution is -0.0907. The number of carbonyl (C=O) groups is 1. The number of hydrogen-bond donors (Lipinski definition) is 3. The van der Waals surface area contributed by atoms with Gasteiger partial charge in [-0.15, -0.1) is 0 Å².